The molecule has 2 aromatic carbocycles. The zero-order chi connectivity index (χ0) is 30.3. The number of aromatic amines is 1. The number of nitrogens with one attached hydrogen (secondary N) is 2. The number of aromatic nitrogens is 1. The molecule has 0 aliphatic carbocycles. The van der Waals surface area contributed by atoms with Crippen LogP contribution in [0.1, 0.15) is 48.4 Å². The number of aryl methyl sites for hydroxylation is 2. The van der Waals surface area contributed by atoms with Crippen molar-refractivity contribution in [1.82, 2.24) is 9.88 Å². The van der Waals surface area contributed by atoms with Gasteiger partial charge in [-0.1, -0.05) is 43.7 Å². The molecule has 2 unspecified atom stereocenters. The van der Waals surface area contributed by atoms with Crippen molar-refractivity contribution in [2.45, 2.75) is 64.9 Å². The highest BCUT2D eigenvalue weighted by molar-refractivity contribution is 5.90. The second-order valence-corrected chi connectivity index (χ2v) is 10.5. The zero-order valence-electron chi connectivity index (χ0n) is 23.8. The first kappa shape index (κ1) is 31.8. The summed E-state index contributed by atoms with van der Waals surface area (Å²) >= 11 is 0. The van der Waals surface area contributed by atoms with E-state index in [-0.39, 0.29) is 50.2 Å². The maximum atomic E-state index is 13.0. The van der Waals surface area contributed by atoms with Gasteiger partial charge in [0.15, 0.2) is 6.10 Å². The minimum atomic E-state index is -1.19. The topological polar surface area (TPSA) is 172 Å². The Labute approximate surface area is 238 Å². The SMILES string of the molecule is Cc1cc(C)c2[nH]c(=O)c(CN(CCO)C(=O)Nc3ccccc3C(C)C)cc2c1.O=C(O)[C@H]1OCC(O)CC1O. The molecule has 3 atom stereocenters. The van der Waals surface area contributed by atoms with Gasteiger partial charge in [-0.3, -0.25) is 4.79 Å². The van der Waals surface area contributed by atoms with Crippen LogP contribution in [0.2, 0.25) is 0 Å². The molecule has 0 radical (unpaired) electrons. The quantitative estimate of drug-likeness (QED) is 0.252. The van der Waals surface area contributed by atoms with Crippen LogP contribution in [-0.4, -0.2) is 80.4 Å². The fraction of sp³-hybridized carbons (Fsp3) is 0.433. The van der Waals surface area contributed by atoms with Crippen LogP contribution in [0.5, 0.6) is 0 Å². The molecule has 1 saturated heterocycles. The number of ether oxygens (including phenoxy) is 1. The number of H-pyrrole nitrogens is 1. The lowest BCUT2D eigenvalue weighted by Crippen LogP contribution is -2.45. The summed E-state index contributed by atoms with van der Waals surface area (Å²) < 4.78 is 4.66. The number of hydrogen-bond donors (Lipinski definition) is 6. The Bertz CT molecular complexity index is 1420. The van der Waals surface area contributed by atoms with E-state index < -0.39 is 24.3 Å². The van der Waals surface area contributed by atoms with Crippen LogP contribution >= 0.6 is 0 Å². The molecule has 41 heavy (non-hydrogen) atoms. The molecule has 6 N–H and O–H groups in total. The van der Waals surface area contributed by atoms with Crippen molar-refractivity contribution in [1.29, 1.82) is 0 Å². The fourth-order valence-corrected chi connectivity index (χ4v) is 4.77. The molecule has 2 amide bonds. The predicted octanol–water partition coefficient (Wildman–Crippen LogP) is 2.88. The Kier molecular flexibility index (Phi) is 11.0. The number of fused-ring (bicyclic) bond motifs is 1. The second kappa shape index (κ2) is 14.2. The number of rotatable bonds is 7. The molecule has 11 nitrogen and oxygen atoms in total. The lowest BCUT2D eigenvalue weighted by Gasteiger charge is -2.27. The van der Waals surface area contributed by atoms with E-state index in [9.17, 15) is 19.5 Å². The number of carboxylic acids is 1. The maximum Gasteiger partial charge on any atom is 0.335 e. The number of aliphatic carboxylic acids is 1. The molecule has 2 heterocycles. The van der Waals surface area contributed by atoms with Gasteiger partial charge in [0.1, 0.15) is 0 Å². The Balaban J connectivity index is 0.000000352. The van der Waals surface area contributed by atoms with Crippen molar-refractivity contribution in [3.05, 3.63) is 75.1 Å². The maximum absolute atomic E-state index is 13.0. The van der Waals surface area contributed by atoms with Crippen molar-refractivity contribution >= 4 is 28.6 Å². The highest BCUT2D eigenvalue weighted by Gasteiger charge is 2.34. The molecule has 222 valence electrons. The van der Waals surface area contributed by atoms with E-state index in [1.54, 1.807) is 0 Å². The van der Waals surface area contributed by atoms with E-state index in [0.29, 0.717) is 5.56 Å². The molecule has 0 saturated carbocycles. The summed E-state index contributed by atoms with van der Waals surface area (Å²) in [4.78, 5) is 40.3. The largest absolute Gasteiger partial charge is 0.479 e. The fourth-order valence-electron chi connectivity index (χ4n) is 4.77. The Morgan fingerprint density at radius 1 is 1.15 bits per heavy atom. The van der Waals surface area contributed by atoms with Gasteiger partial charge in [-0.15, -0.1) is 0 Å². The number of carbonyl (C=O) groups is 2. The summed E-state index contributed by atoms with van der Waals surface area (Å²) in [5, 5.41) is 39.7. The predicted molar refractivity (Wildman–Crippen MR) is 155 cm³/mol. The summed E-state index contributed by atoms with van der Waals surface area (Å²) in [6.45, 7) is 8.12. The first-order chi connectivity index (χ1) is 19.4. The first-order valence-corrected chi connectivity index (χ1v) is 13.5. The van der Waals surface area contributed by atoms with Crippen LogP contribution in [-0.2, 0) is 16.1 Å². The van der Waals surface area contributed by atoms with Gasteiger partial charge in [-0.25, -0.2) is 9.59 Å². The number of nitrogens with zero attached hydrogens (tertiary/aromatic N) is 1. The van der Waals surface area contributed by atoms with Crippen LogP contribution in [0.3, 0.4) is 0 Å². The third-order valence-corrected chi connectivity index (χ3v) is 6.79. The number of carbonyl (C=O) groups excluding carboxylic acids is 1. The third kappa shape index (κ3) is 8.37. The van der Waals surface area contributed by atoms with E-state index in [1.165, 1.54) is 4.90 Å². The number of pyridine rings is 1. The minimum absolute atomic E-state index is 0.0198. The van der Waals surface area contributed by atoms with Crippen LogP contribution in [0.4, 0.5) is 10.5 Å². The van der Waals surface area contributed by atoms with Crippen molar-refractivity contribution in [2.75, 3.05) is 25.1 Å². The van der Waals surface area contributed by atoms with Crippen LogP contribution in [0.15, 0.2) is 47.3 Å². The van der Waals surface area contributed by atoms with Crippen LogP contribution in [0.25, 0.3) is 10.9 Å². The van der Waals surface area contributed by atoms with E-state index in [2.05, 4.69) is 28.9 Å². The van der Waals surface area contributed by atoms with Gasteiger partial charge in [-0.05, 0) is 54.5 Å². The van der Waals surface area contributed by atoms with Gasteiger partial charge >= 0.3 is 12.0 Å². The van der Waals surface area contributed by atoms with Gasteiger partial charge in [0.25, 0.3) is 5.56 Å². The Hall–Kier alpha value is -3.77. The number of benzene rings is 2. The van der Waals surface area contributed by atoms with Gasteiger partial charge < -0.3 is 40.4 Å². The lowest BCUT2D eigenvalue weighted by atomic mass is 10.0. The standard InChI is InChI=1S/C24H29N3O3.C6H10O5/c1-15(2)20-7-5-6-8-21(20)25-24(30)27(9-10-28)14-19-13-18-12-16(3)11-17(4)22(18)26-23(19)29;7-3-1-4(8)5(6(9)10)11-2-3/h5-8,11-13,15,28H,9-10,14H2,1-4H3,(H,25,30)(H,26,29);3-5,7-8H,1-2H2,(H,9,10)/t;3?,4?,5-/m.0/s1. The van der Waals surface area contributed by atoms with Gasteiger partial charge in [-0.2, -0.15) is 0 Å². The molecule has 0 bridgehead atoms. The molecule has 4 rings (SSSR count). The number of anilines is 1. The highest BCUT2D eigenvalue weighted by atomic mass is 16.5. The average Bonchev–Trinajstić information content (AvgIpc) is 2.89. The lowest BCUT2D eigenvalue weighted by molar-refractivity contribution is -0.173. The van der Waals surface area contributed by atoms with E-state index >= 15 is 0 Å². The average molecular weight is 570 g/mol. The minimum Gasteiger partial charge on any atom is -0.479 e. The highest BCUT2D eigenvalue weighted by Crippen LogP contribution is 2.24. The van der Waals surface area contributed by atoms with Crippen LogP contribution in [0, 0.1) is 13.8 Å². The number of amides is 2. The van der Waals surface area contributed by atoms with Gasteiger partial charge in [0.05, 0.1) is 37.5 Å². The number of hydrogen-bond acceptors (Lipinski definition) is 7. The number of carboxylic acid groups (broad SMARTS) is 1. The van der Waals surface area contributed by atoms with E-state index in [1.807, 2.05) is 56.3 Å². The Morgan fingerprint density at radius 3 is 2.49 bits per heavy atom. The molecular weight excluding hydrogens is 530 g/mol. The molecule has 1 fully saturated rings. The summed E-state index contributed by atoms with van der Waals surface area (Å²) in [5.74, 6) is -0.938. The number of aliphatic hydroxyl groups is 3. The number of para-hydroxylation sites is 1. The van der Waals surface area contributed by atoms with Gasteiger partial charge in [0.2, 0.25) is 0 Å². The first-order valence-electron chi connectivity index (χ1n) is 13.5. The molecule has 3 aromatic rings. The second-order valence-electron chi connectivity index (χ2n) is 10.5. The summed E-state index contributed by atoms with van der Waals surface area (Å²) in [6, 6.07) is 13.2. The Morgan fingerprint density at radius 2 is 1.85 bits per heavy atom. The molecule has 0 spiro atoms. The summed E-state index contributed by atoms with van der Waals surface area (Å²) in [5.41, 5.74) is 4.93. The molecule has 1 aromatic heterocycles. The number of urea groups is 1. The van der Waals surface area contributed by atoms with Crippen molar-refractivity contribution in [3.63, 3.8) is 0 Å². The van der Waals surface area contributed by atoms with E-state index in [0.717, 1.165) is 33.3 Å². The zero-order valence-corrected chi connectivity index (χ0v) is 23.8. The number of aliphatic hydroxyl groups excluding tert-OH is 3. The van der Waals surface area contributed by atoms with Crippen molar-refractivity contribution in [3.8, 4) is 0 Å². The van der Waals surface area contributed by atoms with E-state index in [4.69, 9.17) is 15.3 Å². The molecule has 1 aliphatic heterocycles. The monoisotopic (exact) mass is 569 g/mol. The third-order valence-electron chi connectivity index (χ3n) is 6.79. The molecule has 11 heteroatoms. The smallest absolute Gasteiger partial charge is 0.335 e. The molecular formula is C30H39N3O8. The van der Waals surface area contributed by atoms with Crippen molar-refractivity contribution in [2.24, 2.45) is 0 Å². The van der Waals surface area contributed by atoms with Crippen molar-refractivity contribution < 1.29 is 34.8 Å². The summed E-state index contributed by atoms with van der Waals surface area (Å²) in [7, 11) is 0. The summed E-state index contributed by atoms with van der Waals surface area (Å²) in [6.07, 6.45) is -2.97. The molecule has 1 aliphatic rings. The normalized spacial score (nSPS) is 18.5. The van der Waals surface area contributed by atoms with Crippen LogP contribution < -0.4 is 10.9 Å². The van der Waals surface area contributed by atoms with Gasteiger partial charge in [0, 0.05) is 24.2 Å².